The monoisotopic (exact) mass is 354 g/mol. The van der Waals surface area contributed by atoms with Gasteiger partial charge in [0.15, 0.2) is 0 Å². The van der Waals surface area contributed by atoms with Gasteiger partial charge in [0.2, 0.25) is 0 Å². The Bertz CT molecular complexity index is 976. The van der Waals surface area contributed by atoms with Crippen LogP contribution in [0.4, 0.5) is 0 Å². The van der Waals surface area contributed by atoms with Crippen LogP contribution in [0.2, 0.25) is 0 Å². The molecule has 0 atom stereocenters. The molecular weight excluding hydrogens is 336 g/mol. The van der Waals surface area contributed by atoms with E-state index in [-0.39, 0.29) is 13.2 Å². The zero-order chi connectivity index (χ0) is 17.8. The Hall–Kier alpha value is -2.57. The van der Waals surface area contributed by atoms with E-state index in [1.807, 2.05) is 60.9 Å². The molecule has 0 fully saturated rings. The summed E-state index contributed by atoms with van der Waals surface area (Å²) in [5.41, 5.74) is 1.10. The predicted octanol–water partition coefficient (Wildman–Crippen LogP) is 2.38. The van der Waals surface area contributed by atoms with Crippen LogP contribution in [0, 0.1) is 0 Å². The lowest BCUT2D eigenvalue weighted by atomic mass is 10.1. The van der Waals surface area contributed by atoms with Gasteiger partial charge in [-0.3, -0.25) is 13.9 Å². The van der Waals surface area contributed by atoms with Crippen molar-refractivity contribution < 1.29 is 5.11 Å². The van der Waals surface area contributed by atoms with Crippen LogP contribution in [0.5, 0.6) is 0 Å². The lowest BCUT2D eigenvalue weighted by Crippen LogP contribution is -2.40. The normalized spacial score (nSPS) is 10.8. The molecule has 3 rings (SSSR count). The standard InChI is InChI=1S/C19H18N2O3S/c1-25-16-9-7-15(8-10-16)21-17(14-5-3-2-4-6-14)13-18(23)20(11-12-22)19(21)24/h2-10,13,22H,11-12H2,1H3. The van der Waals surface area contributed by atoms with Crippen LogP contribution in [0.15, 0.2) is 75.1 Å². The average Bonchev–Trinajstić information content (AvgIpc) is 2.65. The minimum absolute atomic E-state index is 0.0321. The molecule has 128 valence electrons. The van der Waals surface area contributed by atoms with Crippen LogP contribution in [0.3, 0.4) is 0 Å². The molecule has 0 aliphatic carbocycles. The molecule has 0 aliphatic rings. The summed E-state index contributed by atoms with van der Waals surface area (Å²) >= 11 is 1.62. The molecule has 25 heavy (non-hydrogen) atoms. The van der Waals surface area contributed by atoms with Gasteiger partial charge in [0, 0.05) is 11.0 Å². The van der Waals surface area contributed by atoms with Gasteiger partial charge in [0.05, 0.1) is 24.5 Å². The third-order valence-electron chi connectivity index (χ3n) is 3.91. The molecule has 0 saturated carbocycles. The van der Waals surface area contributed by atoms with Gasteiger partial charge in [0.1, 0.15) is 0 Å². The van der Waals surface area contributed by atoms with Crippen molar-refractivity contribution in [1.82, 2.24) is 9.13 Å². The maximum atomic E-state index is 12.9. The maximum absolute atomic E-state index is 12.9. The number of rotatable bonds is 5. The zero-order valence-corrected chi connectivity index (χ0v) is 14.6. The van der Waals surface area contributed by atoms with E-state index in [0.717, 1.165) is 15.0 Å². The van der Waals surface area contributed by atoms with Crippen LogP contribution in [0.25, 0.3) is 16.9 Å². The number of thioether (sulfide) groups is 1. The number of aliphatic hydroxyl groups is 1. The van der Waals surface area contributed by atoms with E-state index in [1.54, 1.807) is 11.8 Å². The Balaban J connectivity index is 2.31. The number of hydrogen-bond acceptors (Lipinski definition) is 4. The first-order valence-corrected chi connectivity index (χ1v) is 9.06. The Morgan fingerprint density at radius 3 is 2.28 bits per heavy atom. The van der Waals surface area contributed by atoms with E-state index in [9.17, 15) is 14.7 Å². The fraction of sp³-hybridized carbons (Fsp3) is 0.158. The molecule has 3 aromatic rings. The molecular formula is C19H18N2O3S. The van der Waals surface area contributed by atoms with Crippen LogP contribution in [0.1, 0.15) is 0 Å². The summed E-state index contributed by atoms with van der Waals surface area (Å²) in [6.45, 7) is -0.305. The quantitative estimate of drug-likeness (QED) is 0.715. The van der Waals surface area contributed by atoms with Crippen molar-refractivity contribution in [2.24, 2.45) is 0 Å². The number of nitrogens with zero attached hydrogens (tertiary/aromatic N) is 2. The second-order valence-electron chi connectivity index (χ2n) is 5.43. The smallest absolute Gasteiger partial charge is 0.336 e. The third-order valence-corrected chi connectivity index (χ3v) is 4.66. The van der Waals surface area contributed by atoms with Gasteiger partial charge in [-0.25, -0.2) is 4.79 Å². The molecule has 1 aromatic heterocycles. The second kappa shape index (κ2) is 7.55. The Morgan fingerprint density at radius 2 is 1.68 bits per heavy atom. The molecule has 0 spiro atoms. The summed E-state index contributed by atoms with van der Waals surface area (Å²) in [4.78, 5) is 26.4. The number of aliphatic hydroxyl groups excluding tert-OH is 1. The summed E-state index contributed by atoms with van der Waals surface area (Å²) in [7, 11) is 0. The van der Waals surface area contributed by atoms with Crippen LogP contribution < -0.4 is 11.2 Å². The fourth-order valence-corrected chi connectivity index (χ4v) is 3.09. The van der Waals surface area contributed by atoms with Crippen LogP contribution >= 0.6 is 11.8 Å². The number of aromatic nitrogens is 2. The highest BCUT2D eigenvalue weighted by atomic mass is 32.2. The Morgan fingerprint density at radius 1 is 1.00 bits per heavy atom. The first kappa shape index (κ1) is 17.3. The van der Waals surface area contributed by atoms with Crippen molar-refractivity contribution >= 4 is 11.8 Å². The van der Waals surface area contributed by atoms with Gasteiger partial charge in [-0.1, -0.05) is 30.3 Å². The summed E-state index contributed by atoms with van der Waals surface area (Å²) in [5, 5.41) is 9.17. The zero-order valence-electron chi connectivity index (χ0n) is 13.8. The minimum atomic E-state index is -0.461. The van der Waals surface area contributed by atoms with E-state index >= 15 is 0 Å². The molecule has 0 radical (unpaired) electrons. The highest BCUT2D eigenvalue weighted by Gasteiger charge is 2.14. The SMILES string of the molecule is CSc1ccc(-n2c(-c3ccccc3)cc(=O)n(CCO)c2=O)cc1. The first-order valence-electron chi connectivity index (χ1n) is 7.83. The highest BCUT2D eigenvalue weighted by Crippen LogP contribution is 2.22. The van der Waals surface area contributed by atoms with Crippen LogP contribution in [-0.4, -0.2) is 27.1 Å². The molecule has 0 bridgehead atoms. The predicted molar refractivity (Wildman–Crippen MR) is 101 cm³/mol. The summed E-state index contributed by atoms with van der Waals surface area (Å²) in [5.74, 6) is 0. The maximum Gasteiger partial charge on any atom is 0.336 e. The lowest BCUT2D eigenvalue weighted by molar-refractivity contribution is 0.271. The Kier molecular flexibility index (Phi) is 5.21. The molecule has 0 unspecified atom stereocenters. The molecule has 5 nitrogen and oxygen atoms in total. The van der Waals surface area contributed by atoms with Crippen molar-refractivity contribution in [1.29, 1.82) is 0 Å². The van der Waals surface area contributed by atoms with Gasteiger partial charge in [-0.2, -0.15) is 0 Å². The van der Waals surface area contributed by atoms with Crippen molar-refractivity contribution in [3.63, 3.8) is 0 Å². The summed E-state index contributed by atoms with van der Waals surface area (Å²) in [6.07, 6.45) is 1.98. The van der Waals surface area contributed by atoms with E-state index in [4.69, 9.17) is 0 Å². The van der Waals surface area contributed by atoms with Crippen LogP contribution in [-0.2, 0) is 6.54 Å². The van der Waals surface area contributed by atoms with E-state index in [2.05, 4.69) is 0 Å². The van der Waals surface area contributed by atoms with Crippen molar-refractivity contribution in [3.05, 3.63) is 81.5 Å². The summed E-state index contributed by atoms with van der Waals surface area (Å²) in [6, 6.07) is 18.3. The highest BCUT2D eigenvalue weighted by molar-refractivity contribution is 7.98. The fourth-order valence-electron chi connectivity index (χ4n) is 2.69. The lowest BCUT2D eigenvalue weighted by Gasteiger charge is -2.15. The molecule has 6 heteroatoms. The van der Waals surface area contributed by atoms with Crippen molar-refractivity contribution in [3.8, 4) is 16.9 Å². The Labute approximate surface area is 149 Å². The van der Waals surface area contributed by atoms with Gasteiger partial charge in [-0.05, 0) is 36.1 Å². The minimum Gasteiger partial charge on any atom is -0.395 e. The topological polar surface area (TPSA) is 64.2 Å². The van der Waals surface area contributed by atoms with E-state index in [0.29, 0.717) is 11.4 Å². The van der Waals surface area contributed by atoms with E-state index < -0.39 is 11.2 Å². The van der Waals surface area contributed by atoms with Gasteiger partial charge < -0.3 is 5.11 Å². The third kappa shape index (κ3) is 3.45. The van der Waals surface area contributed by atoms with E-state index in [1.165, 1.54) is 10.6 Å². The first-order chi connectivity index (χ1) is 12.2. The molecule has 0 saturated heterocycles. The summed E-state index contributed by atoms with van der Waals surface area (Å²) < 4.78 is 2.56. The number of hydrogen-bond donors (Lipinski definition) is 1. The molecule has 0 amide bonds. The second-order valence-corrected chi connectivity index (χ2v) is 6.30. The van der Waals surface area contributed by atoms with Crippen molar-refractivity contribution in [2.45, 2.75) is 11.4 Å². The van der Waals surface area contributed by atoms with Crippen molar-refractivity contribution in [2.75, 3.05) is 12.9 Å². The van der Waals surface area contributed by atoms with Gasteiger partial charge in [-0.15, -0.1) is 11.8 Å². The number of benzene rings is 2. The molecule has 1 heterocycles. The average molecular weight is 354 g/mol. The molecule has 2 aromatic carbocycles. The van der Waals surface area contributed by atoms with Gasteiger partial charge in [0.25, 0.3) is 5.56 Å². The largest absolute Gasteiger partial charge is 0.395 e. The van der Waals surface area contributed by atoms with Gasteiger partial charge >= 0.3 is 5.69 Å². The molecule has 0 aliphatic heterocycles. The molecule has 1 N–H and O–H groups in total.